The van der Waals surface area contributed by atoms with Gasteiger partial charge in [-0.15, -0.1) is 0 Å². The van der Waals surface area contributed by atoms with E-state index >= 15 is 0 Å². The average molecular weight is 352 g/mol. The summed E-state index contributed by atoms with van der Waals surface area (Å²) >= 11 is 3.36. The Bertz CT molecular complexity index is 601. The predicted molar refractivity (Wildman–Crippen MR) is 87.2 cm³/mol. The summed E-state index contributed by atoms with van der Waals surface area (Å²) in [7, 11) is 0. The number of rotatable bonds is 6. The average Bonchev–Trinajstić information content (AvgIpc) is 2.41. The van der Waals surface area contributed by atoms with E-state index in [1.54, 1.807) is 18.2 Å². The highest BCUT2D eigenvalue weighted by molar-refractivity contribution is 9.10. The lowest BCUT2D eigenvalue weighted by molar-refractivity contribution is 0.441. The number of nitrogens with one attached hydrogen (secondary N) is 1. The topological polar surface area (TPSA) is 21.3 Å². The molecular formula is C17H19BrFNO. The molecule has 0 saturated heterocycles. The number of halogens is 2. The molecule has 0 aliphatic rings. The minimum Gasteiger partial charge on any atom is -0.454 e. The lowest BCUT2D eigenvalue weighted by atomic mass is 10.2. The second-order valence-corrected chi connectivity index (χ2v) is 6.26. The van der Waals surface area contributed by atoms with Crippen molar-refractivity contribution in [3.8, 4) is 11.5 Å². The van der Waals surface area contributed by atoms with Gasteiger partial charge in [-0.25, -0.2) is 4.39 Å². The van der Waals surface area contributed by atoms with Crippen LogP contribution in [0.5, 0.6) is 11.5 Å². The van der Waals surface area contributed by atoms with Crippen LogP contribution in [0.2, 0.25) is 0 Å². The van der Waals surface area contributed by atoms with E-state index in [2.05, 4.69) is 35.1 Å². The molecule has 0 spiro atoms. The summed E-state index contributed by atoms with van der Waals surface area (Å²) in [4.78, 5) is 0. The Balaban J connectivity index is 2.02. The predicted octanol–water partition coefficient (Wildman–Crippen LogP) is 5.13. The maximum absolute atomic E-state index is 14.1. The number of hydrogen-bond acceptors (Lipinski definition) is 2. The summed E-state index contributed by atoms with van der Waals surface area (Å²) < 4.78 is 20.5. The number of benzene rings is 2. The second kappa shape index (κ2) is 7.57. The highest BCUT2D eigenvalue weighted by Gasteiger charge is 2.06. The van der Waals surface area contributed by atoms with Crippen molar-refractivity contribution < 1.29 is 9.13 Å². The van der Waals surface area contributed by atoms with Gasteiger partial charge in [0.05, 0.1) is 0 Å². The smallest absolute Gasteiger partial charge is 0.166 e. The van der Waals surface area contributed by atoms with E-state index in [0.29, 0.717) is 18.2 Å². The summed E-state index contributed by atoms with van der Waals surface area (Å²) in [6.07, 6.45) is 0. The van der Waals surface area contributed by atoms with E-state index in [4.69, 9.17) is 4.74 Å². The number of hydrogen-bond donors (Lipinski definition) is 1. The van der Waals surface area contributed by atoms with Crippen LogP contribution in [0.15, 0.2) is 46.9 Å². The van der Waals surface area contributed by atoms with E-state index in [1.807, 2.05) is 18.2 Å². The Morgan fingerprint density at radius 2 is 2.00 bits per heavy atom. The van der Waals surface area contributed by atoms with Crippen LogP contribution in [0.25, 0.3) is 0 Å². The van der Waals surface area contributed by atoms with Gasteiger partial charge in [0.25, 0.3) is 0 Å². The molecule has 0 fully saturated rings. The minimum atomic E-state index is -0.348. The molecule has 0 amide bonds. The van der Waals surface area contributed by atoms with Crippen LogP contribution >= 0.6 is 15.9 Å². The van der Waals surface area contributed by atoms with Gasteiger partial charge in [0, 0.05) is 11.0 Å². The van der Waals surface area contributed by atoms with Crippen molar-refractivity contribution in [1.82, 2.24) is 5.32 Å². The molecule has 0 heterocycles. The molecule has 2 rings (SSSR count). The first-order valence-electron chi connectivity index (χ1n) is 6.97. The molecule has 0 atom stereocenters. The molecule has 0 aliphatic heterocycles. The van der Waals surface area contributed by atoms with Gasteiger partial charge in [-0.1, -0.05) is 41.9 Å². The summed E-state index contributed by atoms with van der Waals surface area (Å²) in [6.45, 7) is 5.86. The van der Waals surface area contributed by atoms with Crippen molar-refractivity contribution >= 4 is 15.9 Å². The van der Waals surface area contributed by atoms with Gasteiger partial charge < -0.3 is 10.1 Å². The van der Waals surface area contributed by atoms with Crippen LogP contribution in [0, 0.1) is 11.7 Å². The SMILES string of the molecule is CC(C)CNCc1ccc(Oc2cccc(Br)c2)c(F)c1. The molecule has 2 nitrogen and oxygen atoms in total. The first-order chi connectivity index (χ1) is 10.0. The molecule has 0 radical (unpaired) electrons. The lowest BCUT2D eigenvalue weighted by Gasteiger charge is -2.10. The van der Waals surface area contributed by atoms with E-state index in [1.165, 1.54) is 6.07 Å². The first-order valence-corrected chi connectivity index (χ1v) is 7.76. The van der Waals surface area contributed by atoms with Crippen molar-refractivity contribution in [1.29, 1.82) is 0 Å². The Labute approximate surface area is 133 Å². The van der Waals surface area contributed by atoms with Crippen molar-refractivity contribution in [2.75, 3.05) is 6.54 Å². The fourth-order valence-corrected chi connectivity index (χ4v) is 2.28. The van der Waals surface area contributed by atoms with Gasteiger partial charge in [-0.3, -0.25) is 0 Å². The molecule has 0 aromatic heterocycles. The molecule has 2 aromatic rings. The van der Waals surface area contributed by atoms with Crippen LogP contribution in [-0.2, 0) is 6.54 Å². The van der Waals surface area contributed by atoms with Gasteiger partial charge >= 0.3 is 0 Å². The van der Waals surface area contributed by atoms with Gasteiger partial charge in [0.1, 0.15) is 5.75 Å². The molecule has 0 saturated carbocycles. The third-order valence-electron chi connectivity index (χ3n) is 2.90. The van der Waals surface area contributed by atoms with E-state index < -0.39 is 0 Å². The monoisotopic (exact) mass is 351 g/mol. The molecule has 21 heavy (non-hydrogen) atoms. The third kappa shape index (κ3) is 5.14. The van der Waals surface area contributed by atoms with E-state index in [-0.39, 0.29) is 11.6 Å². The van der Waals surface area contributed by atoms with Gasteiger partial charge in [-0.05, 0) is 48.4 Å². The van der Waals surface area contributed by atoms with Crippen molar-refractivity contribution in [2.45, 2.75) is 20.4 Å². The van der Waals surface area contributed by atoms with Crippen molar-refractivity contribution in [3.05, 3.63) is 58.3 Å². The Kier molecular flexibility index (Phi) is 5.76. The third-order valence-corrected chi connectivity index (χ3v) is 3.40. The molecule has 0 unspecified atom stereocenters. The first kappa shape index (κ1) is 16.0. The lowest BCUT2D eigenvalue weighted by Crippen LogP contribution is -2.18. The molecule has 0 aliphatic carbocycles. The Hall–Kier alpha value is -1.39. The second-order valence-electron chi connectivity index (χ2n) is 5.35. The zero-order valence-corrected chi connectivity index (χ0v) is 13.8. The van der Waals surface area contributed by atoms with Crippen LogP contribution < -0.4 is 10.1 Å². The van der Waals surface area contributed by atoms with E-state index in [9.17, 15) is 4.39 Å². The number of ether oxygens (including phenoxy) is 1. The molecule has 4 heteroatoms. The van der Waals surface area contributed by atoms with E-state index in [0.717, 1.165) is 16.6 Å². The summed E-state index contributed by atoms with van der Waals surface area (Å²) in [5, 5.41) is 3.29. The highest BCUT2D eigenvalue weighted by Crippen LogP contribution is 2.27. The van der Waals surface area contributed by atoms with Crippen LogP contribution in [0.3, 0.4) is 0 Å². The van der Waals surface area contributed by atoms with Crippen LogP contribution in [0.4, 0.5) is 4.39 Å². The zero-order chi connectivity index (χ0) is 15.2. The maximum atomic E-state index is 14.1. The van der Waals surface area contributed by atoms with Gasteiger partial charge in [0.15, 0.2) is 11.6 Å². The van der Waals surface area contributed by atoms with Crippen molar-refractivity contribution in [3.63, 3.8) is 0 Å². The summed E-state index contributed by atoms with van der Waals surface area (Å²) in [5.41, 5.74) is 0.912. The fraction of sp³-hybridized carbons (Fsp3) is 0.294. The fourth-order valence-electron chi connectivity index (χ4n) is 1.90. The molecule has 2 aromatic carbocycles. The summed E-state index contributed by atoms with van der Waals surface area (Å²) in [6, 6.07) is 12.4. The Morgan fingerprint density at radius 1 is 1.19 bits per heavy atom. The Morgan fingerprint density at radius 3 is 2.67 bits per heavy atom. The summed E-state index contributed by atoms with van der Waals surface area (Å²) in [5.74, 6) is 1.07. The zero-order valence-electron chi connectivity index (χ0n) is 12.2. The molecule has 0 bridgehead atoms. The maximum Gasteiger partial charge on any atom is 0.166 e. The largest absolute Gasteiger partial charge is 0.454 e. The molecule has 112 valence electrons. The van der Waals surface area contributed by atoms with Gasteiger partial charge in [-0.2, -0.15) is 0 Å². The van der Waals surface area contributed by atoms with Crippen LogP contribution in [-0.4, -0.2) is 6.54 Å². The van der Waals surface area contributed by atoms with Crippen molar-refractivity contribution in [2.24, 2.45) is 5.92 Å². The minimum absolute atomic E-state index is 0.237. The van der Waals surface area contributed by atoms with Crippen LogP contribution in [0.1, 0.15) is 19.4 Å². The molecular weight excluding hydrogens is 333 g/mol. The highest BCUT2D eigenvalue weighted by atomic mass is 79.9. The normalized spacial score (nSPS) is 10.9. The van der Waals surface area contributed by atoms with Gasteiger partial charge in [0.2, 0.25) is 0 Å². The quantitative estimate of drug-likeness (QED) is 0.779. The standard InChI is InChI=1S/C17H19BrFNO/c1-12(2)10-20-11-13-6-7-17(16(19)8-13)21-15-5-3-4-14(18)9-15/h3-9,12,20H,10-11H2,1-2H3. The molecule has 1 N–H and O–H groups in total.